The molecule has 6 heteroatoms. The van der Waals surface area contributed by atoms with E-state index in [1.807, 2.05) is 24.8 Å². The number of pyridine rings is 4. The predicted molar refractivity (Wildman–Crippen MR) is 202 cm³/mol. The van der Waals surface area contributed by atoms with E-state index in [0.29, 0.717) is 23.7 Å². The fraction of sp³-hybridized carbons (Fsp3) is 0.381. The summed E-state index contributed by atoms with van der Waals surface area (Å²) in [5.41, 5.74) is 6.86. The maximum atomic E-state index is 4.98. The van der Waals surface area contributed by atoms with Crippen LogP contribution in [0.1, 0.15) is 127 Å². The van der Waals surface area contributed by atoms with Crippen molar-refractivity contribution in [2.75, 3.05) is 9.80 Å². The standard InChI is InChI=1S/C42H52N6/c1-9-29(5)33-16-20-39(43-25-33)47(40-21-17-34(26-44-40)30(6)10-2)37-14-13-15-38(24-37)48(41-22-18-35(27-45-41)31(7)11-3)42-23-19-36(28-46-42)32(8)12-4/h13-32H,9-12H2,1-8H3. The monoisotopic (exact) mass is 640 g/mol. The van der Waals surface area contributed by atoms with E-state index in [9.17, 15) is 0 Å². The maximum Gasteiger partial charge on any atom is 0.138 e. The summed E-state index contributed by atoms with van der Waals surface area (Å²) in [4.78, 5) is 24.2. The van der Waals surface area contributed by atoms with Gasteiger partial charge in [0.05, 0.1) is 11.4 Å². The molecule has 0 bridgehead atoms. The van der Waals surface area contributed by atoms with Crippen molar-refractivity contribution in [3.05, 3.63) is 120 Å². The Morgan fingerprint density at radius 3 is 0.896 bits per heavy atom. The molecule has 250 valence electrons. The van der Waals surface area contributed by atoms with E-state index in [2.05, 4.69) is 138 Å². The van der Waals surface area contributed by atoms with Gasteiger partial charge in [0, 0.05) is 24.8 Å². The van der Waals surface area contributed by atoms with Crippen molar-refractivity contribution < 1.29 is 0 Å². The molecule has 0 N–H and O–H groups in total. The quantitative estimate of drug-likeness (QED) is 0.120. The van der Waals surface area contributed by atoms with E-state index in [4.69, 9.17) is 19.9 Å². The highest BCUT2D eigenvalue weighted by Gasteiger charge is 2.21. The molecule has 0 aliphatic heterocycles. The van der Waals surface area contributed by atoms with Gasteiger partial charge in [-0.2, -0.15) is 0 Å². The molecular weight excluding hydrogens is 589 g/mol. The Balaban J connectivity index is 1.63. The van der Waals surface area contributed by atoms with Gasteiger partial charge >= 0.3 is 0 Å². The van der Waals surface area contributed by atoms with Gasteiger partial charge in [0.1, 0.15) is 23.3 Å². The smallest absolute Gasteiger partial charge is 0.138 e. The SMILES string of the molecule is CCC(C)c1ccc(N(c2cccc(N(c3ccc(C(C)CC)cn3)c3ccc(C(C)CC)cn3)c2)c2ccc(C(C)CC)cn2)nc1. The van der Waals surface area contributed by atoms with Gasteiger partial charge in [0.25, 0.3) is 0 Å². The second kappa shape index (κ2) is 16.0. The van der Waals surface area contributed by atoms with E-state index < -0.39 is 0 Å². The average molecular weight is 641 g/mol. The molecule has 0 spiro atoms. The first-order valence-electron chi connectivity index (χ1n) is 17.8. The minimum absolute atomic E-state index is 0.447. The summed E-state index contributed by atoms with van der Waals surface area (Å²) < 4.78 is 0. The summed E-state index contributed by atoms with van der Waals surface area (Å²) in [5.74, 6) is 5.07. The Morgan fingerprint density at radius 1 is 0.417 bits per heavy atom. The third-order valence-electron chi connectivity index (χ3n) is 10.1. The number of benzene rings is 1. The number of hydrogen-bond acceptors (Lipinski definition) is 6. The first-order valence-corrected chi connectivity index (χ1v) is 17.8. The Bertz CT molecular complexity index is 1480. The van der Waals surface area contributed by atoms with Crippen molar-refractivity contribution >= 4 is 34.6 Å². The molecule has 1 aromatic carbocycles. The molecule has 0 saturated heterocycles. The van der Waals surface area contributed by atoms with Crippen LogP contribution in [0, 0.1) is 0 Å². The van der Waals surface area contributed by atoms with Crippen LogP contribution < -0.4 is 9.80 Å². The molecule has 0 aliphatic carbocycles. The lowest BCUT2D eigenvalue weighted by atomic mass is 10.0. The normalized spacial score (nSPS) is 13.8. The van der Waals surface area contributed by atoms with Crippen molar-refractivity contribution in [2.45, 2.75) is 105 Å². The van der Waals surface area contributed by atoms with Crippen LogP contribution >= 0.6 is 0 Å². The summed E-state index contributed by atoms with van der Waals surface area (Å²) in [6.45, 7) is 17.8. The minimum Gasteiger partial charge on any atom is -0.279 e. The zero-order valence-electron chi connectivity index (χ0n) is 30.1. The third kappa shape index (κ3) is 7.75. The van der Waals surface area contributed by atoms with Crippen LogP contribution in [0.4, 0.5) is 34.6 Å². The molecule has 5 rings (SSSR count). The van der Waals surface area contributed by atoms with Gasteiger partial charge in [0.2, 0.25) is 0 Å². The number of rotatable bonds is 14. The fourth-order valence-corrected chi connectivity index (χ4v) is 5.76. The number of hydrogen-bond donors (Lipinski definition) is 0. The molecule has 6 nitrogen and oxygen atoms in total. The Labute approximate surface area is 288 Å². The van der Waals surface area contributed by atoms with Gasteiger partial charge in [-0.05, 0) is 114 Å². The molecular formula is C42H52N6. The molecule has 0 aliphatic rings. The van der Waals surface area contributed by atoms with Crippen LogP contribution in [0.5, 0.6) is 0 Å². The van der Waals surface area contributed by atoms with Crippen molar-refractivity contribution in [3.8, 4) is 0 Å². The first kappa shape index (κ1) is 34.7. The van der Waals surface area contributed by atoms with E-state index in [-0.39, 0.29) is 0 Å². The highest BCUT2D eigenvalue weighted by atomic mass is 15.3. The minimum atomic E-state index is 0.447. The van der Waals surface area contributed by atoms with Crippen molar-refractivity contribution in [1.82, 2.24) is 19.9 Å². The predicted octanol–water partition coefficient (Wildman–Crippen LogP) is 12.3. The summed E-state index contributed by atoms with van der Waals surface area (Å²) in [5, 5.41) is 0. The van der Waals surface area contributed by atoms with Crippen molar-refractivity contribution in [1.29, 1.82) is 0 Å². The number of anilines is 6. The summed E-state index contributed by atoms with van der Waals surface area (Å²) in [7, 11) is 0. The van der Waals surface area contributed by atoms with Gasteiger partial charge in [-0.15, -0.1) is 0 Å². The average Bonchev–Trinajstić information content (AvgIpc) is 3.15. The first-order chi connectivity index (χ1) is 23.3. The molecule has 0 fully saturated rings. The second-order valence-electron chi connectivity index (χ2n) is 13.2. The van der Waals surface area contributed by atoms with Crippen LogP contribution in [0.3, 0.4) is 0 Å². The zero-order valence-corrected chi connectivity index (χ0v) is 30.1. The van der Waals surface area contributed by atoms with Gasteiger partial charge in [0.15, 0.2) is 0 Å². The molecule has 48 heavy (non-hydrogen) atoms. The summed E-state index contributed by atoms with van der Waals surface area (Å²) >= 11 is 0. The maximum absolute atomic E-state index is 4.98. The topological polar surface area (TPSA) is 58.0 Å². The number of nitrogens with zero attached hydrogens (tertiary/aromatic N) is 6. The number of aromatic nitrogens is 4. The molecule has 0 radical (unpaired) electrons. The van der Waals surface area contributed by atoms with E-state index >= 15 is 0 Å². The highest BCUT2D eigenvalue weighted by Crippen LogP contribution is 2.39. The van der Waals surface area contributed by atoms with Gasteiger partial charge in [-0.3, -0.25) is 9.80 Å². The summed E-state index contributed by atoms with van der Waals surface area (Å²) in [6.07, 6.45) is 12.3. The van der Waals surface area contributed by atoms with Crippen LogP contribution in [0.15, 0.2) is 97.6 Å². The molecule has 5 aromatic rings. The van der Waals surface area contributed by atoms with Gasteiger partial charge in [-0.25, -0.2) is 19.9 Å². The van der Waals surface area contributed by atoms with E-state index in [1.165, 1.54) is 22.3 Å². The lowest BCUT2D eigenvalue weighted by Crippen LogP contribution is -2.16. The van der Waals surface area contributed by atoms with Crippen LogP contribution in [-0.2, 0) is 0 Å². The molecule has 4 unspecified atom stereocenters. The van der Waals surface area contributed by atoms with Gasteiger partial charge in [-0.1, -0.05) is 85.7 Å². The lowest BCUT2D eigenvalue weighted by molar-refractivity contribution is 0.728. The lowest BCUT2D eigenvalue weighted by Gasteiger charge is -2.27. The third-order valence-corrected chi connectivity index (χ3v) is 10.1. The fourth-order valence-electron chi connectivity index (χ4n) is 5.76. The van der Waals surface area contributed by atoms with Gasteiger partial charge < -0.3 is 0 Å². The zero-order chi connectivity index (χ0) is 34.2. The van der Waals surface area contributed by atoms with Crippen molar-refractivity contribution in [2.24, 2.45) is 0 Å². The largest absolute Gasteiger partial charge is 0.279 e. The Morgan fingerprint density at radius 2 is 0.688 bits per heavy atom. The summed E-state index contributed by atoms with van der Waals surface area (Å²) in [6, 6.07) is 25.7. The highest BCUT2D eigenvalue weighted by molar-refractivity contribution is 5.79. The van der Waals surface area contributed by atoms with Crippen LogP contribution in [-0.4, -0.2) is 19.9 Å². The molecule has 4 heterocycles. The Hall–Kier alpha value is -4.58. The Kier molecular flexibility index (Phi) is 11.6. The van der Waals surface area contributed by atoms with E-state index in [1.54, 1.807) is 0 Å². The van der Waals surface area contributed by atoms with E-state index in [0.717, 1.165) is 60.3 Å². The van der Waals surface area contributed by atoms with Crippen LogP contribution in [0.25, 0.3) is 0 Å². The molecule has 4 aromatic heterocycles. The molecule has 0 amide bonds. The van der Waals surface area contributed by atoms with Crippen molar-refractivity contribution in [3.63, 3.8) is 0 Å². The molecule has 4 atom stereocenters. The molecule has 0 saturated carbocycles. The van der Waals surface area contributed by atoms with Crippen LogP contribution in [0.2, 0.25) is 0 Å². The second-order valence-corrected chi connectivity index (χ2v) is 13.2.